The van der Waals surface area contributed by atoms with Crippen LogP contribution >= 0.6 is 0 Å². The van der Waals surface area contributed by atoms with Gasteiger partial charge in [0.05, 0.1) is 27.8 Å². The topological polar surface area (TPSA) is 143 Å². The number of hydrogen-bond acceptors (Lipinski definition) is 6. The van der Waals surface area contributed by atoms with E-state index in [0.29, 0.717) is 38.5 Å². The second-order valence-corrected chi connectivity index (χ2v) is 16.4. The highest BCUT2D eigenvalue weighted by Crippen LogP contribution is 2.73. The van der Waals surface area contributed by atoms with Crippen molar-refractivity contribution in [2.75, 3.05) is 11.5 Å². The molecular formula is C28H38O8S2. The quantitative estimate of drug-likeness (QED) is 0.448. The first-order chi connectivity index (χ1) is 17.4. The van der Waals surface area contributed by atoms with Gasteiger partial charge >= 0.3 is 0 Å². The van der Waals surface area contributed by atoms with Gasteiger partial charge in [-0.05, 0) is 66.8 Å². The molecule has 1 aromatic carbocycles. The van der Waals surface area contributed by atoms with Crippen molar-refractivity contribution in [1.82, 2.24) is 0 Å². The van der Waals surface area contributed by atoms with E-state index in [1.165, 1.54) is 0 Å². The molecule has 0 saturated heterocycles. The number of benzene rings is 1. The lowest BCUT2D eigenvalue weighted by atomic mass is 9.61. The molecule has 6 unspecified atom stereocenters. The first kappa shape index (κ1) is 27.9. The molecule has 210 valence electrons. The van der Waals surface area contributed by atoms with Crippen LogP contribution in [-0.2, 0) is 35.2 Å². The summed E-state index contributed by atoms with van der Waals surface area (Å²) in [4.78, 5) is 28.4. The molecule has 4 fully saturated rings. The number of rotatable bonds is 8. The summed E-state index contributed by atoms with van der Waals surface area (Å²) >= 11 is 0. The van der Waals surface area contributed by atoms with Crippen molar-refractivity contribution < 1.29 is 35.5 Å². The summed E-state index contributed by atoms with van der Waals surface area (Å²) in [6.07, 6.45) is 2.80. The lowest BCUT2D eigenvalue weighted by Crippen LogP contribution is -2.48. The van der Waals surface area contributed by atoms with E-state index in [1.807, 2.05) is 58.0 Å². The number of carbonyl (C=O) groups is 2. The van der Waals surface area contributed by atoms with Gasteiger partial charge in [0.25, 0.3) is 20.2 Å². The lowest BCUT2D eigenvalue weighted by Gasteiger charge is -2.40. The Morgan fingerprint density at radius 1 is 0.816 bits per heavy atom. The molecular weight excluding hydrogens is 528 g/mol. The van der Waals surface area contributed by atoms with Crippen molar-refractivity contribution in [3.05, 3.63) is 35.9 Å². The Labute approximate surface area is 225 Å². The molecule has 6 atom stereocenters. The zero-order valence-electron chi connectivity index (χ0n) is 22.4. The Morgan fingerprint density at radius 3 is 1.95 bits per heavy atom. The van der Waals surface area contributed by atoms with Gasteiger partial charge in [-0.2, -0.15) is 16.8 Å². The normalized spacial score (nSPS) is 39.3. The Hall–Kier alpha value is -1.62. The number of fused-ring (bicyclic) bond motifs is 4. The Bertz CT molecular complexity index is 1400. The largest absolute Gasteiger partial charge is 0.299 e. The maximum absolute atomic E-state index is 14.6. The Balaban J connectivity index is 1.56. The van der Waals surface area contributed by atoms with E-state index < -0.39 is 64.7 Å². The molecule has 0 spiro atoms. The summed E-state index contributed by atoms with van der Waals surface area (Å²) in [6.45, 7) is 7.66. The molecule has 0 heterocycles. The predicted molar refractivity (Wildman–Crippen MR) is 142 cm³/mol. The Morgan fingerprint density at radius 2 is 1.37 bits per heavy atom. The average Bonchev–Trinajstić information content (AvgIpc) is 3.29. The molecule has 4 bridgehead atoms. The van der Waals surface area contributed by atoms with Crippen LogP contribution in [0.15, 0.2) is 30.3 Å². The van der Waals surface area contributed by atoms with Gasteiger partial charge in [-0.1, -0.05) is 58.0 Å². The van der Waals surface area contributed by atoms with Crippen molar-refractivity contribution >= 4 is 31.8 Å². The fourth-order valence-corrected chi connectivity index (χ4v) is 12.4. The summed E-state index contributed by atoms with van der Waals surface area (Å²) in [6, 6.07) is 9.34. The summed E-state index contributed by atoms with van der Waals surface area (Å²) in [7, 11) is -8.81. The first-order valence-corrected chi connectivity index (χ1v) is 16.6. The minimum atomic E-state index is -4.43. The molecule has 0 aliphatic heterocycles. The molecule has 5 rings (SSSR count). The summed E-state index contributed by atoms with van der Waals surface area (Å²) < 4.78 is 67.8. The number of hydrogen-bond donors (Lipinski definition) is 2. The second kappa shape index (κ2) is 8.21. The molecule has 0 radical (unpaired) electrons. The van der Waals surface area contributed by atoms with Crippen LogP contribution in [-0.4, -0.2) is 49.0 Å². The summed E-state index contributed by atoms with van der Waals surface area (Å²) in [5.41, 5.74) is -3.92. The van der Waals surface area contributed by atoms with E-state index in [0.717, 1.165) is 5.56 Å². The SMILES string of the molecule is CC1(C)C2CCC1(CS(=O)(=O)O)C(=O)C2CCC1(c2ccccc2)C(=O)C2(CS(=O)(=O)O)CCC1C2(C)C. The zero-order valence-corrected chi connectivity index (χ0v) is 24.1. The minimum Gasteiger partial charge on any atom is -0.299 e. The van der Waals surface area contributed by atoms with Crippen LogP contribution < -0.4 is 0 Å². The molecule has 0 amide bonds. The van der Waals surface area contributed by atoms with Crippen LogP contribution in [0.3, 0.4) is 0 Å². The molecule has 4 aliphatic carbocycles. The van der Waals surface area contributed by atoms with Crippen LogP contribution in [0.1, 0.15) is 71.8 Å². The van der Waals surface area contributed by atoms with Gasteiger partial charge in [0.2, 0.25) is 0 Å². The van der Waals surface area contributed by atoms with Gasteiger partial charge in [0.1, 0.15) is 5.78 Å². The molecule has 38 heavy (non-hydrogen) atoms. The molecule has 4 aliphatic rings. The summed E-state index contributed by atoms with van der Waals surface area (Å²) in [5.74, 6) is -2.24. The molecule has 2 N–H and O–H groups in total. The molecule has 8 nitrogen and oxygen atoms in total. The number of Topliss-reactive ketones (excluding diaryl/α,β-unsaturated/α-hetero) is 2. The third-order valence-corrected chi connectivity index (χ3v) is 13.4. The van der Waals surface area contributed by atoms with E-state index in [1.54, 1.807) is 0 Å². The van der Waals surface area contributed by atoms with Gasteiger partial charge in [-0.25, -0.2) is 0 Å². The van der Waals surface area contributed by atoms with Crippen molar-refractivity contribution in [3.8, 4) is 0 Å². The van der Waals surface area contributed by atoms with Crippen molar-refractivity contribution in [2.24, 2.45) is 39.4 Å². The van der Waals surface area contributed by atoms with E-state index in [2.05, 4.69) is 0 Å². The third kappa shape index (κ3) is 3.52. The lowest BCUT2D eigenvalue weighted by molar-refractivity contribution is -0.135. The Kier molecular flexibility index (Phi) is 6.03. The number of ketones is 2. The van der Waals surface area contributed by atoms with Crippen LogP contribution in [0, 0.1) is 39.4 Å². The van der Waals surface area contributed by atoms with E-state index in [9.17, 15) is 35.5 Å². The molecule has 1 aromatic rings. The molecule has 10 heteroatoms. The van der Waals surface area contributed by atoms with Crippen LogP contribution in [0.5, 0.6) is 0 Å². The van der Waals surface area contributed by atoms with Crippen LogP contribution in [0.2, 0.25) is 0 Å². The van der Waals surface area contributed by atoms with Gasteiger partial charge in [0.15, 0.2) is 5.78 Å². The van der Waals surface area contributed by atoms with Crippen LogP contribution in [0.25, 0.3) is 0 Å². The monoisotopic (exact) mass is 566 g/mol. The average molecular weight is 567 g/mol. The third-order valence-electron chi connectivity index (χ3n) is 11.7. The molecule has 0 aromatic heterocycles. The maximum atomic E-state index is 14.6. The number of carbonyl (C=O) groups excluding carboxylic acids is 2. The highest BCUT2D eigenvalue weighted by molar-refractivity contribution is 7.86. The maximum Gasteiger partial charge on any atom is 0.265 e. The fraction of sp³-hybridized carbons (Fsp3) is 0.714. The van der Waals surface area contributed by atoms with Gasteiger partial charge in [-0.3, -0.25) is 18.7 Å². The van der Waals surface area contributed by atoms with Gasteiger partial charge in [0, 0.05) is 5.92 Å². The van der Waals surface area contributed by atoms with E-state index >= 15 is 0 Å². The summed E-state index contributed by atoms with van der Waals surface area (Å²) in [5, 5.41) is 0. The highest BCUT2D eigenvalue weighted by Gasteiger charge is 2.76. The predicted octanol–water partition coefficient (Wildman–Crippen LogP) is 4.11. The van der Waals surface area contributed by atoms with Crippen molar-refractivity contribution in [3.63, 3.8) is 0 Å². The van der Waals surface area contributed by atoms with E-state index in [-0.39, 0.29) is 23.4 Å². The smallest absolute Gasteiger partial charge is 0.265 e. The second-order valence-electron chi connectivity index (χ2n) is 13.5. The van der Waals surface area contributed by atoms with Gasteiger partial charge in [-0.15, -0.1) is 0 Å². The van der Waals surface area contributed by atoms with Crippen molar-refractivity contribution in [2.45, 2.75) is 71.6 Å². The highest BCUT2D eigenvalue weighted by atomic mass is 32.2. The standard InChI is InChI=1S/C28H38O8S2/c1-24(2)20-11-13-26(24,16-37(31,32)33)22(29)19(20)10-15-28(18-8-6-5-7-9-18)21-12-14-27(23(28)30,25(21,3)4)17-38(34,35)36/h5-9,19-21H,10-17H2,1-4H3,(H,31,32,33)(H,34,35,36). The van der Waals surface area contributed by atoms with E-state index in [4.69, 9.17) is 0 Å². The minimum absolute atomic E-state index is 0.0712. The van der Waals surface area contributed by atoms with Gasteiger partial charge < -0.3 is 0 Å². The van der Waals surface area contributed by atoms with Crippen molar-refractivity contribution in [1.29, 1.82) is 0 Å². The first-order valence-electron chi connectivity index (χ1n) is 13.4. The van der Waals surface area contributed by atoms with Crippen LogP contribution in [0.4, 0.5) is 0 Å². The molecule has 4 saturated carbocycles. The fourth-order valence-electron chi connectivity index (χ4n) is 9.87. The zero-order chi connectivity index (χ0) is 28.2.